The van der Waals surface area contributed by atoms with Gasteiger partial charge in [0, 0.05) is 24.5 Å². The van der Waals surface area contributed by atoms with E-state index in [-0.39, 0.29) is 12.3 Å². The van der Waals surface area contributed by atoms with E-state index < -0.39 is 0 Å². The maximum atomic E-state index is 11.8. The molecule has 118 valence electrons. The van der Waals surface area contributed by atoms with E-state index in [1.165, 1.54) is 0 Å². The van der Waals surface area contributed by atoms with Crippen LogP contribution in [-0.2, 0) is 11.2 Å². The lowest BCUT2D eigenvalue weighted by Gasteiger charge is -1.99. The molecule has 0 aliphatic carbocycles. The van der Waals surface area contributed by atoms with Gasteiger partial charge in [-0.1, -0.05) is 5.16 Å². The number of amides is 1. The summed E-state index contributed by atoms with van der Waals surface area (Å²) < 4.78 is 10.3. The van der Waals surface area contributed by atoms with Crippen LogP contribution in [-0.4, -0.2) is 33.4 Å². The lowest BCUT2D eigenvalue weighted by Crippen LogP contribution is -2.12. The second-order valence-electron chi connectivity index (χ2n) is 4.76. The number of nitrogens with zero attached hydrogens (tertiary/aromatic N) is 3. The molecule has 8 nitrogen and oxygen atoms in total. The smallest absolute Gasteiger partial charge is 0.227 e. The first kappa shape index (κ1) is 14.8. The molecule has 0 atom stereocenters. The monoisotopic (exact) mass is 313 g/mol. The van der Waals surface area contributed by atoms with E-state index in [2.05, 4.69) is 25.7 Å². The van der Waals surface area contributed by atoms with Gasteiger partial charge >= 0.3 is 0 Å². The van der Waals surface area contributed by atoms with E-state index in [4.69, 9.17) is 9.26 Å². The molecule has 0 fully saturated rings. The standard InChI is InChI=1S/C15H15N5O3/c1-22-11-4-2-10(3-5-11)15-18-14(23-20-15)7-6-13(21)17-12-8-9-16-19-12/h2-5,8-9H,6-7H2,1H3,(H2,16,17,19,21). The number of aryl methyl sites for hydroxylation is 1. The molecule has 0 unspecified atom stereocenters. The molecule has 1 amide bonds. The molecule has 3 aromatic rings. The summed E-state index contributed by atoms with van der Waals surface area (Å²) in [5.41, 5.74) is 0.822. The fourth-order valence-electron chi connectivity index (χ4n) is 1.97. The molecular formula is C15H15N5O3. The average Bonchev–Trinajstić information content (AvgIpc) is 3.25. The number of benzene rings is 1. The Labute approximate surface area is 131 Å². The highest BCUT2D eigenvalue weighted by Gasteiger charge is 2.11. The first-order valence-electron chi connectivity index (χ1n) is 7.01. The van der Waals surface area contributed by atoms with Crippen LogP contribution in [0.4, 0.5) is 5.82 Å². The van der Waals surface area contributed by atoms with Crippen LogP contribution in [0.25, 0.3) is 11.4 Å². The Kier molecular flexibility index (Phi) is 4.32. The first-order valence-corrected chi connectivity index (χ1v) is 7.01. The molecule has 2 heterocycles. The summed E-state index contributed by atoms with van der Waals surface area (Å²) in [6, 6.07) is 9.01. The van der Waals surface area contributed by atoms with Crippen molar-refractivity contribution in [1.82, 2.24) is 20.3 Å². The Hall–Kier alpha value is -3.16. The molecule has 1 aromatic carbocycles. The van der Waals surface area contributed by atoms with Crippen LogP contribution in [0.15, 0.2) is 41.1 Å². The minimum atomic E-state index is -0.154. The number of H-pyrrole nitrogens is 1. The van der Waals surface area contributed by atoms with Gasteiger partial charge in [-0.15, -0.1) is 0 Å². The van der Waals surface area contributed by atoms with Crippen molar-refractivity contribution in [3.8, 4) is 17.1 Å². The van der Waals surface area contributed by atoms with Crippen molar-refractivity contribution in [2.45, 2.75) is 12.8 Å². The Morgan fingerprint density at radius 1 is 1.30 bits per heavy atom. The molecule has 3 rings (SSSR count). The number of ether oxygens (including phenoxy) is 1. The number of anilines is 1. The van der Waals surface area contributed by atoms with Crippen LogP contribution in [0.3, 0.4) is 0 Å². The van der Waals surface area contributed by atoms with Gasteiger partial charge in [0.1, 0.15) is 11.6 Å². The van der Waals surface area contributed by atoms with E-state index in [1.54, 1.807) is 19.4 Å². The van der Waals surface area contributed by atoms with Crippen LogP contribution in [0.1, 0.15) is 12.3 Å². The van der Waals surface area contributed by atoms with E-state index in [9.17, 15) is 4.79 Å². The van der Waals surface area contributed by atoms with Gasteiger partial charge < -0.3 is 14.6 Å². The molecule has 2 N–H and O–H groups in total. The fourth-order valence-corrected chi connectivity index (χ4v) is 1.97. The lowest BCUT2D eigenvalue weighted by molar-refractivity contribution is -0.116. The van der Waals surface area contributed by atoms with Crippen LogP contribution >= 0.6 is 0 Å². The van der Waals surface area contributed by atoms with Crippen molar-refractivity contribution < 1.29 is 14.1 Å². The summed E-state index contributed by atoms with van der Waals surface area (Å²) in [7, 11) is 1.61. The SMILES string of the molecule is COc1ccc(-c2noc(CCC(=O)Nc3ccn[nH]3)n2)cc1. The third-order valence-electron chi connectivity index (χ3n) is 3.16. The van der Waals surface area contributed by atoms with Crippen molar-refractivity contribution in [2.24, 2.45) is 0 Å². The zero-order valence-electron chi connectivity index (χ0n) is 12.4. The van der Waals surface area contributed by atoms with Gasteiger partial charge in [0.15, 0.2) is 0 Å². The number of carbonyl (C=O) groups is 1. The predicted octanol–water partition coefficient (Wildman–Crippen LogP) is 2.04. The Morgan fingerprint density at radius 3 is 2.83 bits per heavy atom. The molecule has 0 radical (unpaired) electrons. The molecule has 0 spiro atoms. The number of methoxy groups -OCH3 is 1. The quantitative estimate of drug-likeness (QED) is 0.721. The van der Waals surface area contributed by atoms with Crippen molar-refractivity contribution in [1.29, 1.82) is 0 Å². The van der Waals surface area contributed by atoms with Crippen molar-refractivity contribution in [3.63, 3.8) is 0 Å². The lowest BCUT2D eigenvalue weighted by atomic mass is 10.2. The third kappa shape index (κ3) is 3.73. The van der Waals surface area contributed by atoms with Gasteiger partial charge in [-0.25, -0.2) is 0 Å². The second kappa shape index (κ2) is 6.73. The number of rotatable bonds is 6. The largest absolute Gasteiger partial charge is 0.497 e. The molecule has 2 aromatic heterocycles. The minimum Gasteiger partial charge on any atom is -0.497 e. The third-order valence-corrected chi connectivity index (χ3v) is 3.16. The Bertz CT molecular complexity index is 765. The minimum absolute atomic E-state index is 0.154. The summed E-state index contributed by atoms with van der Waals surface area (Å²) in [4.78, 5) is 16.1. The highest BCUT2D eigenvalue weighted by Crippen LogP contribution is 2.20. The van der Waals surface area contributed by atoms with Crippen molar-refractivity contribution in [3.05, 3.63) is 42.4 Å². The summed E-state index contributed by atoms with van der Waals surface area (Å²) in [5, 5.41) is 13.0. The van der Waals surface area contributed by atoms with Gasteiger partial charge in [-0.3, -0.25) is 9.89 Å². The predicted molar refractivity (Wildman–Crippen MR) is 81.8 cm³/mol. The van der Waals surface area contributed by atoms with Gasteiger partial charge in [-0.2, -0.15) is 10.1 Å². The number of aromatic nitrogens is 4. The average molecular weight is 313 g/mol. The van der Waals surface area contributed by atoms with Crippen LogP contribution in [0.5, 0.6) is 5.75 Å². The van der Waals surface area contributed by atoms with E-state index in [0.29, 0.717) is 24.0 Å². The van der Waals surface area contributed by atoms with E-state index >= 15 is 0 Å². The molecule has 8 heteroatoms. The maximum absolute atomic E-state index is 11.8. The summed E-state index contributed by atoms with van der Waals surface area (Å²) >= 11 is 0. The molecular weight excluding hydrogens is 298 g/mol. The van der Waals surface area contributed by atoms with Gasteiger partial charge in [0.2, 0.25) is 17.6 Å². The van der Waals surface area contributed by atoms with E-state index in [0.717, 1.165) is 11.3 Å². The highest BCUT2D eigenvalue weighted by atomic mass is 16.5. The van der Waals surface area contributed by atoms with Gasteiger partial charge in [0.05, 0.1) is 13.3 Å². The summed E-state index contributed by atoms with van der Waals surface area (Å²) in [5.74, 6) is 2.05. The van der Waals surface area contributed by atoms with Gasteiger partial charge in [-0.05, 0) is 24.3 Å². The molecule has 23 heavy (non-hydrogen) atoms. The molecule has 0 aliphatic rings. The number of aromatic amines is 1. The zero-order chi connectivity index (χ0) is 16.1. The molecule has 0 saturated heterocycles. The normalized spacial score (nSPS) is 10.5. The Balaban J connectivity index is 1.57. The zero-order valence-corrected chi connectivity index (χ0v) is 12.4. The summed E-state index contributed by atoms with van der Waals surface area (Å²) in [6.45, 7) is 0. The number of nitrogens with one attached hydrogen (secondary N) is 2. The van der Waals surface area contributed by atoms with Gasteiger partial charge in [0.25, 0.3) is 0 Å². The highest BCUT2D eigenvalue weighted by molar-refractivity contribution is 5.89. The Morgan fingerprint density at radius 2 is 2.13 bits per heavy atom. The summed E-state index contributed by atoms with van der Waals surface area (Å²) in [6.07, 6.45) is 2.17. The van der Waals surface area contributed by atoms with Crippen LogP contribution in [0, 0.1) is 0 Å². The topological polar surface area (TPSA) is 106 Å². The molecule has 0 bridgehead atoms. The fraction of sp³-hybridized carbons (Fsp3) is 0.200. The van der Waals surface area contributed by atoms with Crippen molar-refractivity contribution in [2.75, 3.05) is 12.4 Å². The van der Waals surface area contributed by atoms with Crippen molar-refractivity contribution >= 4 is 11.7 Å². The first-order chi connectivity index (χ1) is 11.2. The molecule has 0 aliphatic heterocycles. The number of hydrogen-bond donors (Lipinski definition) is 2. The second-order valence-corrected chi connectivity index (χ2v) is 4.76. The molecule has 0 saturated carbocycles. The van der Waals surface area contributed by atoms with Crippen LogP contribution < -0.4 is 10.1 Å². The van der Waals surface area contributed by atoms with Crippen LogP contribution in [0.2, 0.25) is 0 Å². The maximum Gasteiger partial charge on any atom is 0.227 e. The number of carbonyl (C=O) groups excluding carboxylic acids is 1. The van der Waals surface area contributed by atoms with E-state index in [1.807, 2.05) is 24.3 Å². The number of hydrogen-bond acceptors (Lipinski definition) is 6.